The molecule has 4 heteroatoms. The monoisotopic (exact) mass is 279 g/mol. The van der Waals surface area contributed by atoms with E-state index in [0.29, 0.717) is 18.3 Å². The molecule has 4 nitrogen and oxygen atoms in total. The standard InChI is InChI=1S/C16H25NO3/c1-16(2,3)9-12(8-14(18)19)17-15(20)13-7-10-4-5-11(13)6-10/h4-5,10-13H,6-9H2,1-3H3,(H,17,20)(H,18,19). The van der Waals surface area contributed by atoms with Crippen molar-refractivity contribution in [3.8, 4) is 0 Å². The van der Waals surface area contributed by atoms with Crippen molar-refractivity contribution in [2.45, 2.75) is 52.5 Å². The van der Waals surface area contributed by atoms with Gasteiger partial charge in [0, 0.05) is 12.0 Å². The number of aliphatic carboxylic acids is 1. The zero-order chi connectivity index (χ0) is 14.9. The highest BCUT2D eigenvalue weighted by molar-refractivity contribution is 5.81. The van der Waals surface area contributed by atoms with Gasteiger partial charge in [-0.15, -0.1) is 0 Å². The minimum atomic E-state index is -0.854. The van der Waals surface area contributed by atoms with E-state index in [1.165, 1.54) is 0 Å². The van der Waals surface area contributed by atoms with Crippen LogP contribution in [0.5, 0.6) is 0 Å². The highest BCUT2D eigenvalue weighted by Crippen LogP contribution is 2.43. The van der Waals surface area contributed by atoms with Crippen molar-refractivity contribution < 1.29 is 14.7 Å². The lowest BCUT2D eigenvalue weighted by Gasteiger charge is -2.28. The molecule has 0 aromatic carbocycles. The van der Waals surface area contributed by atoms with E-state index in [1.54, 1.807) is 0 Å². The second kappa shape index (κ2) is 5.58. The van der Waals surface area contributed by atoms with Crippen molar-refractivity contribution in [1.82, 2.24) is 5.32 Å². The second-order valence-corrected chi connectivity index (χ2v) is 7.45. The lowest BCUT2D eigenvalue weighted by atomic mass is 9.86. The van der Waals surface area contributed by atoms with Gasteiger partial charge < -0.3 is 10.4 Å². The summed E-state index contributed by atoms with van der Waals surface area (Å²) in [5, 5.41) is 12.0. The predicted molar refractivity (Wildman–Crippen MR) is 77.1 cm³/mol. The van der Waals surface area contributed by atoms with E-state index >= 15 is 0 Å². The van der Waals surface area contributed by atoms with Crippen molar-refractivity contribution in [1.29, 1.82) is 0 Å². The summed E-state index contributed by atoms with van der Waals surface area (Å²) in [6.07, 6.45) is 7.04. The molecule has 4 atom stereocenters. The molecule has 0 heterocycles. The third-order valence-corrected chi connectivity index (χ3v) is 4.24. The molecule has 2 N–H and O–H groups in total. The fraction of sp³-hybridized carbons (Fsp3) is 0.750. The lowest BCUT2D eigenvalue weighted by molar-refractivity contribution is -0.138. The maximum absolute atomic E-state index is 12.4. The summed E-state index contributed by atoms with van der Waals surface area (Å²) in [4.78, 5) is 23.3. The molecule has 0 aromatic rings. The molecule has 1 fully saturated rings. The van der Waals surface area contributed by atoms with Crippen LogP contribution in [0.25, 0.3) is 0 Å². The van der Waals surface area contributed by atoms with E-state index in [1.807, 2.05) is 0 Å². The number of carbonyl (C=O) groups is 2. The first kappa shape index (κ1) is 15.1. The Morgan fingerprint density at radius 3 is 2.45 bits per heavy atom. The van der Waals surface area contributed by atoms with Crippen LogP contribution in [-0.2, 0) is 9.59 Å². The molecule has 0 spiro atoms. The van der Waals surface area contributed by atoms with Gasteiger partial charge in [-0.25, -0.2) is 0 Å². The van der Waals surface area contributed by atoms with Crippen LogP contribution in [0.15, 0.2) is 12.2 Å². The molecule has 2 rings (SSSR count). The lowest BCUT2D eigenvalue weighted by Crippen LogP contribution is -2.43. The van der Waals surface area contributed by atoms with Crippen LogP contribution in [0.2, 0.25) is 0 Å². The van der Waals surface area contributed by atoms with E-state index in [4.69, 9.17) is 5.11 Å². The molecule has 2 aliphatic rings. The number of carboxylic acids is 1. The fourth-order valence-corrected chi connectivity index (χ4v) is 3.51. The Labute approximate surface area is 120 Å². The summed E-state index contributed by atoms with van der Waals surface area (Å²) >= 11 is 0. The van der Waals surface area contributed by atoms with Gasteiger partial charge in [-0.05, 0) is 36.5 Å². The smallest absolute Gasteiger partial charge is 0.305 e. The Balaban J connectivity index is 1.94. The number of fused-ring (bicyclic) bond motifs is 2. The van der Waals surface area contributed by atoms with E-state index < -0.39 is 5.97 Å². The number of hydrogen-bond donors (Lipinski definition) is 2. The zero-order valence-electron chi connectivity index (χ0n) is 12.6. The van der Waals surface area contributed by atoms with Crippen LogP contribution in [-0.4, -0.2) is 23.0 Å². The molecule has 4 unspecified atom stereocenters. The largest absolute Gasteiger partial charge is 0.481 e. The number of allylic oxidation sites excluding steroid dienone is 2. The maximum Gasteiger partial charge on any atom is 0.305 e. The Morgan fingerprint density at radius 2 is 2.00 bits per heavy atom. The van der Waals surface area contributed by atoms with Crippen LogP contribution >= 0.6 is 0 Å². The Hall–Kier alpha value is -1.32. The summed E-state index contributed by atoms with van der Waals surface area (Å²) in [6.45, 7) is 6.19. The van der Waals surface area contributed by atoms with Gasteiger partial charge in [0.25, 0.3) is 0 Å². The number of rotatable bonds is 5. The number of amides is 1. The van der Waals surface area contributed by atoms with Gasteiger partial charge >= 0.3 is 5.97 Å². The number of carboxylic acid groups (broad SMARTS) is 1. The molecular formula is C16H25NO3. The summed E-state index contributed by atoms with van der Waals surface area (Å²) < 4.78 is 0. The Bertz CT molecular complexity index is 422. The number of nitrogens with one attached hydrogen (secondary N) is 1. The van der Waals surface area contributed by atoms with Gasteiger partial charge in [-0.2, -0.15) is 0 Å². The van der Waals surface area contributed by atoms with Crippen LogP contribution in [0.3, 0.4) is 0 Å². The summed E-state index contributed by atoms with van der Waals surface area (Å²) in [5.74, 6) is 0.141. The van der Waals surface area contributed by atoms with E-state index in [9.17, 15) is 9.59 Å². The minimum absolute atomic E-state index is 0.000333. The molecule has 1 amide bonds. The van der Waals surface area contributed by atoms with E-state index in [2.05, 4.69) is 38.2 Å². The van der Waals surface area contributed by atoms with Crippen molar-refractivity contribution in [2.24, 2.45) is 23.2 Å². The molecule has 2 aliphatic carbocycles. The molecule has 112 valence electrons. The maximum atomic E-state index is 12.4. The van der Waals surface area contributed by atoms with Gasteiger partial charge in [0.1, 0.15) is 0 Å². The second-order valence-electron chi connectivity index (χ2n) is 7.45. The predicted octanol–water partition coefficient (Wildman–Crippen LogP) is 2.59. The van der Waals surface area contributed by atoms with Gasteiger partial charge in [-0.1, -0.05) is 32.9 Å². The summed E-state index contributed by atoms with van der Waals surface area (Å²) in [7, 11) is 0. The number of carbonyl (C=O) groups excluding carboxylic acids is 1. The molecule has 2 bridgehead atoms. The zero-order valence-corrected chi connectivity index (χ0v) is 12.6. The van der Waals surface area contributed by atoms with E-state index in [0.717, 1.165) is 12.8 Å². The highest BCUT2D eigenvalue weighted by Gasteiger charge is 2.40. The first-order valence-corrected chi connectivity index (χ1v) is 7.45. The molecule has 0 aliphatic heterocycles. The highest BCUT2D eigenvalue weighted by atomic mass is 16.4. The number of hydrogen-bond acceptors (Lipinski definition) is 2. The van der Waals surface area contributed by atoms with Gasteiger partial charge in [0.2, 0.25) is 5.91 Å². The summed E-state index contributed by atoms with van der Waals surface area (Å²) in [6, 6.07) is -0.275. The van der Waals surface area contributed by atoms with Gasteiger partial charge in [-0.3, -0.25) is 9.59 Å². The van der Waals surface area contributed by atoms with Gasteiger partial charge in [0.05, 0.1) is 6.42 Å². The SMILES string of the molecule is CC(C)(C)CC(CC(=O)O)NC(=O)C1CC2C=CC1C2. The average Bonchev–Trinajstić information content (AvgIpc) is 2.86. The van der Waals surface area contributed by atoms with Crippen LogP contribution in [0, 0.1) is 23.2 Å². The summed E-state index contributed by atoms with van der Waals surface area (Å²) in [5.41, 5.74) is 0.00196. The normalized spacial score (nSPS) is 29.4. The molecule has 0 aromatic heterocycles. The molecule has 20 heavy (non-hydrogen) atoms. The molecule has 1 saturated carbocycles. The van der Waals surface area contributed by atoms with Crippen LogP contribution in [0.4, 0.5) is 0 Å². The first-order valence-electron chi connectivity index (χ1n) is 7.45. The van der Waals surface area contributed by atoms with E-state index in [-0.39, 0.29) is 29.7 Å². The average molecular weight is 279 g/mol. The topological polar surface area (TPSA) is 66.4 Å². The van der Waals surface area contributed by atoms with Gasteiger partial charge in [0.15, 0.2) is 0 Å². The Morgan fingerprint density at radius 1 is 1.30 bits per heavy atom. The molecular weight excluding hydrogens is 254 g/mol. The van der Waals surface area contributed by atoms with Crippen molar-refractivity contribution in [2.75, 3.05) is 0 Å². The van der Waals surface area contributed by atoms with Crippen molar-refractivity contribution in [3.63, 3.8) is 0 Å². The van der Waals surface area contributed by atoms with Crippen LogP contribution < -0.4 is 5.32 Å². The van der Waals surface area contributed by atoms with Crippen molar-refractivity contribution in [3.05, 3.63) is 12.2 Å². The quantitative estimate of drug-likeness (QED) is 0.760. The third-order valence-electron chi connectivity index (χ3n) is 4.24. The minimum Gasteiger partial charge on any atom is -0.481 e. The molecule has 0 saturated heterocycles. The molecule has 0 radical (unpaired) electrons. The third kappa shape index (κ3) is 3.84. The van der Waals surface area contributed by atoms with Crippen molar-refractivity contribution >= 4 is 11.9 Å². The Kier molecular flexibility index (Phi) is 4.21. The fourth-order valence-electron chi connectivity index (χ4n) is 3.51. The van der Waals surface area contributed by atoms with Crippen LogP contribution in [0.1, 0.15) is 46.5 Å². The first-order chi connectivity index (χ1) is 9.24.